The van der Waals surface area contributed by atoms with E-state index < -0.39 is 38.7 Å². The van der Waals surface area contributed by atoms with Crippen molar-refractivity contribution in [1.82, 2.24) is 0 Å². The van der Waals surface area contributed by atoms with Crippen molar-refractivity contribution in [3.63, 3.8) is 0 Å². The van der Waals surface area contributed by atoms with Crippen molar-refractivity contribution in [2.45, 2.75) is 42.9 Å². The van der Waals surface area contributed by atoms with Crippen LogP contribution in [0.2, 0.25) is 0 Å². The van der Waals surface area contributed by atoms with Crippen molar-refractivity contribution in [3.05, 3.63) is 59.2 Å². The first-order valence-corrected chi connectivity index (χ1v) is 12.5. The highest BCUT2D eigenvalue weighted by atomic mass is 32.2. The molecule has 188 valence electrons. The average molecular weight is 512 g/mol. The third kappa shape index (κ3) is 5.79. The van der Waals surface area contributed by atoms with Crippen molar-refractivity contribution < 1.29 is 41.0 Å². The molecule has 7 nitrogen and oxygen atoms in total. The Balaban J connectivity index is 1.75. The monoisotopic (exact) mass is 511 g/mol. The molecule has 2 aliphatic heterocycles. The number of aliphatic carboxylic acids is 1. The lowest BCUT2D eigenvalue weighted by Crippen LogP contribution is -2.43. The molecule has 2 aromatic rings. The molecule has 0 saturated carbocycles. The number of fused-ring (bicyclic) bond motifs is 1. The molecule has 0 radical (unpaired) electrons. The van der Waals surface area contributed by atoms with E-state index in [-0.39, 0.29) is 30.8 Å². The van der Waals surface area contributed by atoms with Gasteiger partial charge in [-0.1, -0.05) is 18.2 Å². The molecule has 1 atom stereocenters. The number of carbonyl (C=O) groups is 1. The van der Waals surface area contributed by atoms with Crippen molar-refractivity contribution in [2.75, 3.05) is 24.1 Å². The Kier molecular flexibility index (Phi) is 7.09. The van der Waals surface area contributed by atoms with Crippen LogP contribution in [0.5, 0.6) is 5.75 Å². The maximum atomic E-state index is 13.6. The molecular weight excluding hydrogens is 487 g/mol. The van der Waals surface area contributed by atoms with E-state index in [0.29, 0.717) is 24.8 Å². The van der Waals surface area contributed by atoms with Crippen molar-refractivity contribution >= 4 is 27.8 Å². The Morgan fingerprint density at radius 1 is 1.20 bits per heavy atom. The number of alkyl halides is 3. The summed E-state index contributed by atoms with van der Waals surface area (Å²) in [7, 11) is -4.42. The Bertz CT molecular complexity index is 1230. The molecule has 11 heteroatoms. The van der Waals surface area contributed by atoms with Crippen LogP contribution in [-0.4, -0.2) is 45.4 Å². The third-order valence-corrected chi connectivity index (χ3v) is 7.56. The first-order chi connectivity index (χ1) is 16.5. The summed E-state index contributed by atoms with van der Waals surface area (Å²) in [6.07, 6.45) is -2.09. The molecule has 4 rings (SSSR count). The number of halogens is 3. The number of sulfonamides is 1. The van der Waals surface area contributed by atoms with Crippen molar-refractivity contribution in [3.8, 4) is 5.75 Å². The number of hydrogen-bond acceptors (Lipinski definition) is 5. The fourth-order valence-corrected chi connectivity index (χ4v) is 5.61. The molecule has 0 bridgehead atoms. The van der Waals surface area contributed by atoms with Crippen LogP contribution < -0.4 is 9.04 Å². The van der Waals surface area contributed by atoms with Gasteiger partial charge in [0.2, 0.25) is 0 Å². The minimum Gasteiger partial charge on any atom is -0.486 e. The van der Waals surface area contributed by atoms with Crippen LogP contribution in [0.1, 0.15) is 36.8 Å². The van der Waals surface area contributed by atoms with Gasteiger partial charge in [-0.25, -0.2) is 8.42 Å². The first-order valence-electron chi connectivity index (χ1n) is 11.0. The smallest absolute Gasteiger partial charge is 0.416 e. The molecule has 0 spiro atoms. The number of carboxylic acid groups (broad SMARTS) is 1. The van der Waals surface area contributed by atoms with Gasteiger partial charge in [0.25, 0.3) is 10.0 Å². The lowest BCUT2D eigenvalue weighted by molar-refractivity contribution is -0.138. The first kappa shape index (κ1) is 25.1. The largest absolute Gasteiger partial charge is 0.486 e. The second kappa shape index (κ2) is 9.90. The van der Waals surface area contributed by atoms with Crippen LogP contribution in [-0.2, 0) is 25.7 Å². The number of anilines is 1. The maximum absolute atomic E-state index is 13.6. The van der Waals surface area contributed by atoms with Gasteiger partial charge in [0.1, 0.15) is 11.9 Å². The zero-order chi connectivity index (χ0) is 25.2. The van der Waals surface area contributed by atoms with Gasteiger partial charge in [-0.05, 0) is 60.7 Å². The number of carboxylic acids is 1. The highest BCUT2D eigenvalue weighted by Crippen LogP contribution is 2.40. The van der Waals surface area contributed by atoms with E-state index in [2.05, 4.69) is 0 Å². The molecule has 2 aromatic carbocycles. The number of ether oxygens (including phenoxy) is 2. The molecule has 0 aromatic heterocycles. The summed E-state index contributed by atoms with van der Waals surface area (Å²) in [5.74, 6) is -0.854. The van der Waals surface area contributed by atoms with Gasteiger partial charge in [0.05, 0.1) is 29.3 Å². The Morgan fingerprint density at radius 2 is 2.00 bits per heavy atom. The minimum absolute atomic E-state index is 0.0343. The lowest BCUT2D eigenvalue weighted by atomic mass is 10.0. The average Bonchev–Trinajstić information content (AvgIpc) is 2.82. The highest BCUT2D eigenvalue weighted by molar-refractivity contribution is 7.92. The van der Waals surface area contributed by atoms with E-state index in [1.807, 2.05) is 6.08 Å². The maximum Gasteiger partial charge on any atom is 0.416 e. The van der Waals surface area contributed by atoms with E-state index in [9.17, 15) is 26.4 Å². The van der Waals surface area contributed by atoms with E-state index in [0.717, 1.165) is 40.9 Å². The molecule has 1 N–H and O–H groups in total. The SMILES string of the molecule is O=C(O)CC[C@H]1CN(S(=O)(=O)c2cccc(C(F)(F)F)c2)c2cc(/C=C3\CCCOC3)ccc2O1. The standard InChI is InChI=1S/C24H24F3NO6S/c25-24(26,27)18-4-1-5-20(13-18)35(31,32)28-14-19(7-9-23(29)30)34-22-8-6-16(12-21(22)28)11-17-3-2-10-33-15-17/h1,4-6,8,11-13,19H,2-3,7,9-10,14-15H2,(H,29,30)/b17-11+/t19-/m0/s1. The lowest BCUT2D eigenvalue weighted by Gasteiger charge is -2.35. The molecular formula is C24H24F3NO6S. The molecule has 35 heavy (non-hydrogen) atoms. The van der Waals surface area contributed by atoms with Gasteiger partial charge in [-0.15, -0.1) is 0 Å². The zero-order valence-electron chi connectivity index (χ0n) is 18.6. The van der Waals surface area contributed by atoms with Crippen LogP contribution in [0.4, 0.5) is 18.9 Å². The Labute approximate surface area is 200 Å². The van der Waals surface area contributed by atoms with E-state index in [1.54, 1.807) is 18.2 Å². The summed E-state index contributed by atoms with van der Waals surface area (Å²) in [6.45, 7) is 0.912. The van der Waals surface area contributed by atoms with Crippen LogP contribution in [0.25, 0.3) is 6.08 Å². The Hall–Kier alpha value is -3.05. The predicted octanol–water partition coefficient (Wildman–Crippen LogP) is 4.72. The third-order valence-electron chi connectivity index (χ3n) is 5.79. The van der Waals surface area contributed by atoms with Gasteiger partial charge in [0.15, 0.2) is 0 Å². The van der Waals surface area contributed by atoms with Crippen LogP contribution in [0, 0.1) is 0 Å². The number of benzene rings is 2. The second-order valence-electron chi connectivity index (χ2n) is 8.42. The van der Waals surface area contributed by atoms with Crippen molar-refractivity contribution in [2.24, 2.45) is 0 Å². The van der Waals surface area contributed by atoms with Gasteiger partial charge in [-0.2, -0.15) is 13.2 Å². The highest BCUT2D eigenvalue weighted by Gasteiger charge is 2.37. The minimum atomic E-state index is -4.71. The molecule has 1 fully saturated rings. The Morgan fingerprint density at radius 3 is 2.69 bits per heavy atom. The molecule has 2 aliphatic rings. The van der Waals surface area contributed by atoms with Gasteiger partial charge in [-0.3, -0.25) is 9.10 Å². The van der Waals surface area contributed by atoms with E-state index in [1.165, 1.54) is 0 Å². The number of hydrogen-bond donors (Lipinski definition) is 1. The normalized spacial score (nSPS) is 19.8. The summed E-state index contributed by atoms with van der Waals surface area (Å²) in [5.41, 5.74) is 0.839. The molecule has 2 heterocycles. The topological polar surface area (TPSA) is 93.1 Å². The number of rotatable bonds is 6. The summed E-state index contributed by atoms with van der Waals surface area (Å²) < 4.78 is 79.2. The van der Waals surface area contributed by atoms with E-state index in [4.69, 9.17) is 14.6 Å². The van der Waals surface area contributed by atoms with Crippen LogP contribution in [0.3, 0.4) is 0 Å². The molecule has 1 saturated heterocycles. The molecule has 0 aliphatic carbocycles. The summed E-state index contributed by atoms with van der Waals surface area (Å²) in [6, 6.07) is 8.50. The van der Waals surface area contributed by atoms with Gasteiger partial charge >= 0.3 is 12.1 Å². The van der Waals surface area contributed by atoms with Gasteiger partial charge in [0, 0.05) is 13.0 Å². The fraction of sp³-hybridized carbons (Fsp3) is 0.375. The van der Waals surface area contributed by atoms with Crippen LogP contribution >= 0.6 is 0 Å². The predicted molar refractivity (Wildman–Crippen MR) is 122 cm³/mol. The summed E-state index contributed by atoms with van der Waals surface area (Å²) >= 11 is 0. The summed E-state index contributed by atoms with van der Waals surface area (Å²) in [4.78, 5) is 10.5. The molecule has 0 unspecified atom stereocenters. The second-order valence-corrected chi connectivity index (χ2v) is 10.3. The quantitative estimate of drug-likeness (QED) is 0.603. The van der Waals surface area contributed by atoms with Crippen molar-refractivity contribution in [1.29, 1.82) is 0 Å². The molecule has 0 amide bonds. The zero-order valence-corrected chi connectivity index (χ0v) is 19.4. The summed E-state index contributed by atoms with van der Waals surface area (Å²) in [5, 5.41) is 9.03. The fourth-order valence-electron chi connectivity index (χ4n) is 4.07. The number of nitrogens with zero attached hydrogens (tertiary/aromatic N) is 1. The van der Waals surface area contributed by atoms with E-state index >= 15 is 0 Å². The van der Waals surface area contributed by atoms with Gasteiger partial charge < -0.3 is 14.6 Å². The van der Waals surface area contributed by atoms with Crippen LogP contribution in [0.15, 0.2) is 52.9 Å².